The molecule has 0 aliphatic carbocycles. The number of nitrogens with zero attached hydrogens (tertiary/aromatic N) is 1. The minimum Gasteiger partial charge on any atom is -0.369 e. The van der Waals surface area contributed by atoms with Crippen molar-refractivity contribution in [1.29, 1.82) is 0 Å². The quantitative estimate of drug-likeness (QED) is 0.847. The van der Waals surface area contributed by atoms with Gasteiger partial charge in [-0.05, 0) is 31.1 Å². The molecule has 1 aromatic rings. The molecule has 0 bridgehead atoms. The van der Waals surface area contributed by atoms with Gasteiger partial charge in [0, 0.05) is 24.5 Å². The number of rotatable bonds is 6. The summed E-state index contributed by atoms with van der Waals surface area (Å²) >= 11 is 8.06. The molecule has 1 atom stereocenters. The molecule has 0 spiro atoms. The zero-order valence-electron chi connectivity index (χ0n) is 11.6. The third kappa shape index (κ3) is 4.28. The van der Waals surface area contributed by atoms with Gasteiger partial charge in [0.1, 0.15) is 5.82 Å². The molecule has 1 aromatic heterocycles. The Balaban J connectivity index is 1.90. The number of thioether (sulfide) groups is 1. The molecule has 1 fully saturated rings. The van der Waals surface area contributed by atoms with Gasteiger partial charge in [-0.2, -0.15) is 11.8 Å². The Morgan fingerprint density at radius 3 is 3.10 bits per heavy atom. The second kappa shape index (κ2) is 7.74. The Bertz CT molecular complexity index is 464. The van der Waals surface area contributed by atoms with E-state index < -0.39 is 0 Å². The number of halogens is 1. The maximum absolute atomic E-state index is 12.0. The van der Waals surface area contributed by atoms with E-state index in [0.29, 0.717) is 21.7 Å². The van der Waals surface area contributed by atoms with Gasteiger partial charge in [-0.1, -0.05) is 18.5 Å². The normalized spacial score (nSPS) is 18.0. The van der Waals surface area contributed by atoms with E-state index in [1.165, 1.54) is 18.6 Å². The molecule has 2 heterocycles. The van der Waals surface area contributed by atoms with Crippen LogP contribution in [0.15, 0.2) is 12.3 Å². The van der Waals surface area contributed by atoms with Crippen molar-refractivity contribution < 1.29 is 4.79 Å². The van der Waals surface area contributed by atoms with Crippen LogP contribution < -0.4 is 10.6 Å². The first-order valence-electron chi connectivity index (χ1n) is 7.00. The smallest absolute Gasteiger partial charge is 0.252 e. The van der Waals surface area contributed by atoms with Gasteiger partial charge in [0.05, 0.1) is 10.6 Å². The van der Waals surface area contributed by atoms with Gasteiger partial charge in [0.25, 0.3) is 5.91 Å². The van der Waals surface area contributed by atoms with Crippen molar-refractivity contribution in [3.63, 3.8) is 0 Å². The van der Waals surface area contributed by atoms with Gasteiger partial charge in [-0.25, -0.2) is 4.98 Å². The van der Waals surface area contributed by atoms with Crippen LogP contribution in [0, 0.1) is 0 Å². The summed E-state index contributed by atoms with van der Waals surface area (Å²) in [6.07, 6.45) is 5.00. The van der Waals surface area contributed by atoms with Gasteiger partial charge in [-0.15, -0.1) is 0 Å². The average molecular weight is 314 g/mol. The second-order valence-corrected chi connectivity index (χ2v) is 6.64. The van der Waals surface area contributed by atoms with Crippen molar-refractivity contribution in [1.82, 2.24) is 10.3 Å². The minimum absolute atomic E-state index is 0.103. The average Bonchev–Trinajstić information content (AvgIpc) is 2.96. The van der Waals surface area contributed by atoms with E-state index in [4.69, 9.17) is 11.6 Å². The number of hydrogen-bond acceptors (Lipinski definition) is 4. The summed E-state index contributed by atoms with van der Waals surface area (Å²) in [6.45, 7) is 3.61. The molecule has 1 aliphatic rings. The molecule has 1 aliphatic heterocycles. The lowest BCUT2D eigenvalue weighted by Crippen LogP contribution is -2.29. The predicted molar refractivity (Wildman–Crippen MR) is 85.8 cm³/mol. The first-order chi connectivity index (χ1) is 9.70. The van der Waals surface area contributed by atoms with E-state index in [-0.39, 0.29) is 5.91 Å². The van der Waals surface area contributed by atoms with Crippen molar-refractivity contribution >= 4 is 35.1 Å². The topological polar surface area (TPSA) is 54.0 Å². The summed E-state index contributed by atoms with van der Waals surface area (Å²) in [7, 11) is 0. The minimum atomic E-state index is -0.103. The van der Waals surface area contributed by atoms with Gasteiger partial charge in [0.15, 0.2) is 0 Å². The predicted octanol–water partition coefficient (Wildman–Crippen LogP) is 3.18. The zero-order chi connectivity index (χ0) is 14.4. The van der Waals surface area contributed by atoms with Crippen LogP contribution in [0.2, 0.25) is 5.02 Å². The van der Waals surface area contributed by atoms with Gasteiger partial charge in [-0.3, -0.25) is 4.79 Å². The van der Waals surface area contributed by atoms with Crippen molar-refractivity contribution in [2.24, 2.45) is 0 Å². The molecular formula is C14H20ClN3OS. The lowest BCUT2D eigenvalue weighted by atomic mass is 10.2. The second-order valence-electron chi connectivity index (χ2n) is 4.83. The highest BCUT2D eigenvalue weighted by Gasteiger charge is 2.17. The van der Waals surface area contributed by atoms with E-state index in [0.717, 1.165) is 19.5 Å². The molecule has 20 heavy (non-hydrogen) atoms. The summed E-state index contributed by atoms with van der Waals surface area (Å²) in [5.41, 5.74) is 0.514. The Kier molecular flexibility index (Phi) is 5.98. The van der Waals surface area contributed by atoms with Gasteiger partial charge < -0.3 is 10.6 Å². The van der Waals surface area contributed by atoms with Crippen molar-refractivity contribution in [3.05, 3.63) is 22.8 Å². The fourth-order valence-electron chi connectivity index (χ4n) is 2.05. The third-order valence-electron chi connectivity index (χ3n) is 3.16. The van der Waals surface area contributed by atoms with Crippen molar-refractivity contribution in [2.75, 3.05) is 24.2 Å². The number of carbonyl (C=O) groups excluding carboxylic acids is 1. The Labute approximate surface area is 129 Å². The summed E-state index contributed by atoms with van der Waals surface area (Å²) < 4.78 is 0. The number of nitrogens with one attached hydrogen (secondary N) is 2. The lowest BCUT2D eigenvalue weighted by Gasteiger charge is -2.11. The summed E-state index contributed by atoms with van der Waals surface area (Å²) in [6, 6.07) is 1.67. The first kappa shape index (κ1) is 15.4. The molecule has 0 aromatic carbocycles. The number of pyridine rings is 1. The molecule has 2 rings (SSSR count). The maximum atomic E-state index is 12.0. The molecule has 6 heteroatoms. The molecule has 1 saturated heterocycles. The highest BCUT2D eigenvalue weighted by atomic mass is 35.5. The summed E-state index contributed by atoms with van der Waals surface area (Å²) in [4.78, 5) is 16.2. The van der Waals surface area contributed by atoms with E-state index in [2.05, 4.69) is 22.5 Å². The first-order valence-corrected chi connectivity index (χ1v) is 8.42. The van der Waals surface area contributed by atoms with Crippen LogP contribution in [0.25, 0.3) is 0 Å². The zero-order valence-corrected chi connectivity index (χ0v) is 13.2. The highest BCUT2D eigenvalue weighted by molar-refractivity contribution is 8.00. The molecule has 1 unspecified atom stereocenters. The molecule has 0 radical (unpaired) electrons. The lowest BCUT2D eigenvalue weighted by molar-refractivity contribution is 0.0953. The fraction of sp³-hybridized carbons (Fsp3) is 0.571. The third-order valence-corrected chi connectivity index (χ3v) is 4.85. The largest absolute Gasteiger partial charge is 0.369 e. The van der Waals surface area contributed by atoms with Crippen LogP contribution >= 0.6 is 23.4 Å². The molecular weight excluding hydrogens is 294 g/mol. The number of amides is 1. The number of aromatic nitrogens is 1. The van der Waals surface area contributed by atoms with E-state index in [9.17, 15) is 4.79 Å². The van der Waals surface area contributed by atoms with E-state index in [1.54, 1.807) is 12.3 Å². The highest BCUT2D eigenvalue weighted by Crippen LogP contribution is 2.25. The maximum Gasteiger partial charge on any atom is 0.252 e. The SMILES string of the molecule is CCCNc1ncc(C(=O)NCC2CCCS2)cc1Cl. The van der Waals surface area contributed by atoms with Crippen LogP contribution in [0.5, 0.6) is 0 Å². The molecule has 1 amide bonds. The van der Waals surface area contributed by atoms with E-state index in [1.807, 2.05) is 11.8 Å². The summed E-state index contributed by atoms with van der Waals surface area (Å²) in [5.74, 6) is 1.73. The Morgan fingerprint density at radius 2 is 2.45 bits per heavy atom. The van der Waals surface area contributed by atoms with E-state index >= 15 is 0 Å². The van der Waals surface area contributed by atoms with Gasteiger partial charge >= 0.3 is 0 Å². The van der Waals surface area contributed by atoms with Crippen molar-refractivity contribution in [3.8, 4) is 0 Å². The van der Waals surface area contributed by atoms with Crippen LogP contribution in [0.1, 0.15) is 36.5 Å². The molecule has 2 N–H and O–H groups in total. The van der Waals surface area contributed by atoms with Crippen LogP contribution in [-0.2, 0) is 0 Å². The van der Waals surface area contributed by atoms with Crippen molar-refractivity contribution in [2.45, 2.75) is 31.4 Å². The molecule has 0 saturated carbocycles. The van der Waals surface area contributed by atoms with Crippen LogP contribution in [-0.4, -0.2) is 35.0 Å². The number of anilines is 1. The Morgan fingerprint density at radius 1 is 1.60 bits per heavy atom. The molecule has 110 valence electrons. The Hall–Kier alpha value is -0.940. The van der Waals surface area contributed by atoms with Crippen LogP contribution in [0.4, 0.5) is 5.82 Å². The standard InChI is InChI=1S/C14H20ClN3OS/c1-2-5-16-13-12(15)7-10(8-17-13)14(19)18-9-11-4-3-6-20-11/h7-8,11H,2-6,9H2,1H3,(H,16,17)(H,18,19). The van der Waals surface area contributed by atoms with Crippen LogP contribution in [0.3, 0.4) is 0 Å². The number of carbonyl (C=O) groups is 1. The van der Waals surface area contributed by atoms with Gasteiger partial charge in [0.2, 0.25) is 0 Å². The number of hydrogen-bond donors (Lipinski definition) is 2. The summed E-state index contributed by atoms with van der Waals surface area (Å²) in [5, 5.41) is 7.12. The monoisotopic (exact) mass is 313 g/mol. The fourth-order valence-corrected chi connectivity index (χ4v) is 3.48. The molecule has 4 nitrogen and oxygen atoms in total.